The summed E-state index contributed by atoms with van der Waals surface area (Å²) < 4.78 is 0. The average Bonchev–Trinajstić information content (AvgIpc) is 2.39. The van der Waals surface area contributed by atoms with Crippen LogP contribution in [-0.2, 0) is 13.2 Å². The van der Waals surface area contributed by atoms with Gasteiger partial charge in [-0.1, -0.05) is 36.4 Å². The molecule has 2 heteroatoms. The van der Waals surface area contributed by atoms with Crippen molar-refractivity contribution in [3.05, 3.63) is 59.7 Å². The standard InChI is InChI=1S/C14H15NO/c15-9-11-3-1-5-13(7-11)14-6-2-4-12(8-14)10-16/h1-8,16H,9-10,15H2. The molecule has 0 radical (unpaired) electrons. The fourth-order valence-electron chi connectivity index (χ4n) is 1.73. The molecule has 0 atom stereocenters. The third-order valence-corrected chi connectivity index (χ3v) is 2.61. The van der Waals surface area contributed by atoms with Gasteiger partial charge in [0.25, 0.3) is 0 Å². The number of hydrogen-bond donors (Lipinski definition) is 2. The van der Waals surface area contributed by atoms with E-state index in [9.17, 15) is 0 Å². The fraction of sp³-hybridized carbons (Fsp3) is 0.143. The summed E-state index contributed by atoms with van der Waals surface area (Å²) in [7, 11) is 0. The van der Waals surface area contributed by atoms with E-state index in [2.05, 4.69) is 12.1 Å². The van der Waals surface area contributed by atoms with E-state index in [0.29, 0.717) is 6.54 Å². The number of hydrogen-bond acceptors (Lipinski definition) is 2. The lowest BCUT2D eigenvalue weighted by atomic mass is 10.0. The zero-order valence-electron chi connectivity index (χ0n) is 9.06. The molecule has 0 saturated carbocycles. The second kappa shape index (κ2) is 4.92. The number of aliphatic hydroxyl groups excluding tert-OH is 1. The molecule has 0 aromatic heterocycles. The summed E-state index contributed by atoms with van der Waals surface area (Å²) in [6.45, 7) is 0.623. The smallest absolute Gasteiger partial charge is 0.0682 e. The van der Waals surface area contributed by atoms with E-state index in [0.717, 1.165) is 22.3 Å². The van der Waals surface area contributed by atoms with Crippen LogP contribution in [0.1, 0.15) is 11.1 Å². The minimum atomic E-state index is 0.0738. The average molecular weight is 213 g/mol. The summed E-state index contributed by atoms with van der Waals surface area (Å²) in [4.78, 5) is 0. The molecule has 2 nitrogen and oxygen atoms in total. The maximum absolute atomic E-state index is 9.09. The van der Waals surface area contributed by atoms with Crippen LogP contribution >= 0.6 is 0 Å². The van der Waals surface area contributed by atoms with Gasteiger partial charge in [-0.2, -0.15) is 0 Å². The van der Waals surface area contributed by atoms with Gasteiger partial charge in [-0.05, 0) is 34.4 Å². The Morgan fingerprint density at radius 3 is 2.00 bits per heavy atom. The van der Waals surface area contributed by atoms with Crippen molar-refractivity contribution >= 4 is 0 Å². The molecule has 3 N–H and O–H groups in total. The topological polar surface area (TPSA) is 46.2 Å². The van der Waals surface area contributed by atoms with Crippen LogP contribution in [0.5, 0.6) is 0 Å². The zero-order valence-corrected chi connectivity index (χ0v) is 9.06. The highest BCUT2D eigenvalue weighted by Gasteiger charge is 1.99. The Bertz CT molecular complexity index is 434. The molecule has 16 heavy (non-hydrogen) atoms. The third-order valence-electron chi connectivity index (χ3n) is 2.61. The van der Waals surface area contributed by atoms with Gasteiger partial charge in [0, 0.05) is 6.54 Å². The summed E-state index contributed by atoms with van der Waals surface area (Å²) in [5, 5.41) is 9.09. The Hall–Kier alpha value is -1.64. The Kier molecular flexibility index (Phi) is 3.34. The van der Waals surface area contributed by atoms with Crippen molar-refractivity contribution in [1.29, 1.82) is 0 Å². The minimum Gasteiger partial charge on any atom is -0.392 e. The monoisotopic (exact) mass is 213 g/mol. The molecule has 0 aliphatic heterocycles. The molecule has 0 heterocycles. The van der Waals surface area contributed by atoms with E-state index in [1.807, 2.05) is 36.4 Å². The predicted molar refractivity (Wildman–Crippen MR) is 65.7 cm³/mol. The lowest BCUT2D eigenvalue weighted by Gasteiger charge is -2.05. The molecule has 0 amide bonds. The van der Waals surface area contributed by atoms with Gasteiger partial charge in [0.2, 0.25) is 0 Å². The van der Waals surface area contributed by atoms with Crippen molar-refractivity contribution in [3.63, 3.8) is 0 Å². The van der Waals surface area contributed by atoms with Crippen LogP contribution in [0.3, 0.4) is 0 Å². The van der Waals surface area contributed by atoms with Crippen LogP contribution in [0, 0.1) is 0 Å². The highest BCUT2D eigenvalue weighted by molar-refractivity contribution is 5.64. The Labute approximate surface area is 95.4 Å². The van der Waals surface area contributed by atoms with Crippen LogP contribution < -0.4 is 5.73 Å². The lowest BCUT2D eigenvalue weighted by Crippen LogP contribution is -1.95. The van der Waals surface area contributed by atoms with Crippen molar-refractivity contribution in [2.24, 2.45) is 5.73 Å². The van der Waals surface area contributed by atoms with Crippen molar-refractivity contribution in [3.8, 4) is 11.1 Å². The van der Waals surface area contributed by atoms with Crippen LogP contribution in [0.25, 0.3) is 11.1 Å². The summed E-state index contributed by atoms with van der Waals surface area (Å²) in [6, 6.07) is 16.0. The first-order valence-corrected chi connectivity index (χ1v) is 5.32. The molecule has 0 unspecified atom stereocenters. The predicted octanol–water partition coefficient (Wildman–Crippen LogP) is 2.30. The summed E-state index contributed by atoms with van der Waals surface area (Å²) in [5.74, 6) is 0. The Balaban J connectivity index is 2.41. The Morgan fingerprint density at radius 1 is 0.875 bits per heavy atom. The third kappa shape index (κ3) is 2.30. The van der Waals surface area contributed by atoms with E-state index in [1.165, 1.54) is 0 Å². The van der Waals surface area contributed by atoms with Gasteiger partial charge >= 0.3 is 0 Å². The minimum absolute atomic E-state index is 0.0738. The van der Waals surface area contributed by atoms with Gasteiger partial charge in [0.15, 0.2) is 0 Å². The molecule has 2 aromatic rings. The molecule has 0 aliphatic rings. The lowest BCUT2D eigenvalue weighted by molar-refractivity contribution is 0.282. The first-order valence-electron chi connectivity index (χ1n) is 5.32. The van der Waals surface area contributed by atoms with Gasteiger partial charge in [-0.3, -0.25) is 0 Å². The normalized spacial score (nSPS) is 10.4. The molecule has 0 saturated heterocycles. The van der Waals surface area contributed by atoms with Gasteiger partial charge in [0.1, 0.15) is 0 Å². The highest BCUT2D eigenvalue weighted by atomic mass is 16.3. The molecule has 0 bridgehead atoms. The molecule has 0 aliphatic carbocycles. The fourth-order valence-corrected chi connectivity index (χ4v) is 1.73. The number of rotatable bonds is 3. The van der Waals surface area contributed by atoms with E-state index < -0.39 is 0 Å². The zero-order chi connectivity index (χ0) is 11.4. The van der Waals surface area contributed by atoms with Crippen molar-refractivity contribution < 1.29 is 5.11 Å². The van der Waals surface area contributed by atoms with Gasteiger partial charge in [-0.25, -0.2) is 0 Å². The van der Waals surface area contributed by atoms with Crippen LogP contribution in [0.4, 0.5) is 0 Å². The second-order valence-corrected chi connectivity index (χ2v) is 3.76. The van der Waals surface area contributed by atoms with Crippen molar-refractivity contribution in [1.82, 2.24) is 0 Å². The molecule has 0 spiro atoms. The van der Waals surface area contributed by atoms with E-state index >= 15 is 0 Å². The van der Waals surface area contributed by atoms with Crippen LogP contribution in [0.2, 0.25) is 0 Å². The summed E-state index contributed by atoms with van der Waals surface area (Å²) in [6.07, 6.45) is 0. The van der Waals surface area contributed by atoms with Crippen LogP contribution in [-0.4, -0.2) is 5.11 Å². The Morgan fingerprint density at radius 2 is 1.44 bits per heavy atom. The molecule has 0 fully saturated rings. The number of benzene rings is 2. The maximum atomic E-state index is 9.09. The highest BCUT2D eigenvalue weighted by Crippen LogP contribution is 2.21. The van der Waals surface area contributed by atoms with E-state index in [4.69, 9.17) is 10.8 Å². The SMILES string of the molecule is NCc1cccc(-c2cccc(CO)c2)c1. The van der Waals surface area contributed by atoms with E-state index in [1.54, 1.807) is 0 Å². The molecule has 2 aromatic carbocycles. The number of nitrogens with two attached hydrogens (primary N) is 1. The number of aliphatic hydroxyl groups is 1. The molecule has 2 rings (SSSR count). The maximum Gasteiger partial charge on any atom is 0.0682 e. The van der Waals surface area contributed by atoms with Crippen molar-refractivity contribution in [2.75, 3.05) is 0 Å². The van der Waals surface area contributed by atoms with Gasteiger partial charge in [-0.15, -0.1) is 0 Å². The second-order valence-electron chi connectivity index (χ2n) is 3.76. The van der Waals surface area contributed by atoms with Gasteiger partial charge < -0.3 is 10.8 Å². The summed E-state index contributed by atoms with van der Waals surface area (Å²) >= 11 is 0. The largest absolute Gasteiger partial charge is 0.392 e. The first kappa shape index (κ1) is 10.9. The first-order chi connectivity index (χ1) is 7.83. The van der Waals surface area contributed by atoms with E-state index in [-0.39, 0.29) is 6.61 Å². The quantitative estimate of drug-likeness (QED) is 0.821. The van der Waals surface area contributed by atoms with Crippen molar-refractivity contribution in [2.45, 2.75) is 13.2 Å². The molecule has 82 valence electrons. The molecular formula is C14H15NO. The van der Waals surface area contributed by atoms with Crippen LogP contribution in [0.15, 0.2) is 48.5 Å². The summed E-state index contributed by atoms with van der Waals surface area (Å²) in [5.41, 5.74) is 9.91. The van der Waals surface area contributed by atoms with Gasteiger partial charge in [0.05, 0.1) is 6.61 Å². The molecular weight excluding hydrogens is 198 g/mol.